The minimum Gasteiger partial charge on any atom is -0.459 e. The number of rotatable bonds is 4. The third-order valence-corrected chi connectivity index (χ3v) is 4.99. The second-order valence-corrected chi connectivity index (χ2v) is 6.86. The van der Waals surface area contributed by atoms with Crippen LogP contribution < -0.4 is 10.6 Å². The van der Waals surface area contributed by atoms with Crippen molar-refractivity contribution in [2.75, 3.05) is 26.7 Å². The molecule has 0 bridgehead atoms. The highest BCUT2D eigenvalue weighted by Gasteiger charge is 2.23. The van der Waals surface area contributed by atoms with Gasteiger partial charge in [0.25, 0.3) is 0 Å². The van der Waals surface area contributed by atoms with Gasteiger partial charge in [0.05, 0.1) is 7.11 Å². The summed E-state index contributed by atoms with van der Waals surface area (Å²) in [5, 5.41) is 7.44. The molecular formula is C20H28FIN4O3. The Hall–Kier alpha value is -2.04. The monoisotopic (exact) mass is 518 g/mol. The van der Waals surface area contributed by atoms with Gasteiger partial charge >= 0.3 is 6.09 Å². The molecule has 0 unspecified atom stereocenters. The Bertz CT molecular complexity index is 863. The van der Waals surface area contributed by atoms with E-state index in [1.165, 1.54) is 19.2 Å². The number of likely N-dealkylation sites (tertiary alicyclic amines) is 1. The summed E-state index contributed by atoms with van der Waals surface area (Å²) < 4.78 is 24.1. The number of nitrogens with zero attached hydrogens (tertiary/aromatic N) is 2. The van der Waals surface area contributed by atoms with E-state index in [2.05, 4.69) is 15.6 Å². The number of ether oxygens (including phenoxy) is 1. The second kappa shape index (κ2) is 10.7. The number of amides is 1. The molecule has 0 atom stereocenters. The van der Waals surface area contributed by atoms with Gasteiger partial charge in [-0.25, -0.2) is 14.2 Å². The van der Waals surface area contributed by atoms with Gasteiger partial charge in [0.15, 0.2) is 5.96 Å². The van der Waals surface area contributed by atoms with Crippen molar-refractivity contribution >= 4 is 47.0 Å². The van der Waals surface area contributed by atoms with Crippen LogP contribution in [0.5, 0.6) is 0 Å². The van der Waals surface area contributed by atoms with E-state index >= 15 is 0 Å². The normalized spacial score (nSPS) is 15.2. The molecule has 2 aromatic rings. The molecule has 7 nitrogen and oxygen atoms in total. The highest BCUT2D eigenvalue weighted by atomic mass is 127. The lowest BCUT2D eigenvalue weighted by Gasteiger charge is -2.32. The predicted molar refractivity (Wildman–Crippen MR) is 121 cm³/mol. The average Bonchev–Trinajstić information content (AvgIpc) is 3.01. The van der Waals surface area contributed by atoms with Crippen molar-refractivity contribution in [2.24, 2.45) is 4.99 Å². The molecule has 1 aliphatic rings. The number of fused-ring (bicyclic) bond motifs is 1. The van der Waals surface area contributed by atoms with Gasteiger partial charge in [-0.1, -0.05) is 0 Å². The predicted octanol–water partition coefficient (Wildman–Crippen LogP) is 3.78. The molecule has 1 amide bonds. The highest BCUT2D eigenvalue weighted by molar-refractivity contribution is 14.0. The van der Waals surface area contributed by atoms with E-state index in [1.807, 2.05) is 13.8 Å². The van der Waals surface area contributed by atoms with Crippen molar-refractivity contribution in [1.29, 1.82) is 0 Å². The summed E-state index contributed by atoms with van der Waals surface area (Å²) in [6.45, 7) is 6.32. The molecule has 1 saturated heterocycles. The van der Waals surface area contributed by atoms with Crippen LogP contribution in [-0.4, -0.2) is 49.7 Å². The summed E-state index contributed by atoms with van der Waals surface area (Å²) >= 11 is 0. The lowest BCUT2D eigenvalue weighted by atomic mass is 10.1. The quantitative estimate of drug-likeness (QED) is 0.366. The minimum atomic E-state index is -0.282. The van der Waals surface area contributed by atoms with E-state index in [0.29, 0.717) is 31.2 Å². The highest BCUT2D eigenvalue weighted by Crippen LogP contribution is 2.26. The number of carbonyl (C=O) groups is 1. The zero-order chi connectivity index (χ0) is 20.1. The Kier molecular flexibility index (Phi) is 8.54. The lowest BCUT2D eigenvalue weighted by molar-refractivity contribution is 0.111. The van der Waals surface area contributed by atoms with E-state index in [9.17, 15) is 9.18 Å². The van der Waals surface area contributed by atoms with E-state index in [0.717, 1.165) is 36.1 Å². The number of halogens is 2. The largest absolute Gasteiger partial charge is 0.459 e. The van der Waals surface area contributed by atoms with Crippen LogP contribution in [0.25, 0.3) is 11.0 Å². The van der Waals surface area contributed by atoms with Crippen molar-refractivity contribution in [3.05, 3.63) is 35.3 Å². The molecule has 2 N–H and O–H groups in total. The standard InChI is InChI=1S/C20H27FN4O3.HI/c1-4-22-19(24-15-7-9-25(10-8-15)20(26)27-3)23-12-18-13(2)16-11-14(21)5-6-17(16)28-18;/h5-6,11,15H,4,7-10,12H2,1-3H3,(H2,22,23,24);1H. The molecule has 1 aliphatic heterocycles. The molecule has 3 rings (SSSR count). The first-order valence-corrected chi connectivity index (χ1v) is 9.57. The van der Waals surface area contributed by atoms with Crippen molar-refractivity contribution < 1.29 is 18.3 Å². The first kappa shape index (κ1) is 23.2. The number of benzene rings is 1. The number of methoxy groups -OCH3 is 1. The van der Waals surface area contributed by atoms with E-state index in [-0.39, 0.29) is 41.9 Å². The number of nitrogens with one attached hydrogen (secondary N) is 2. The number of hydrogen-bond acceptors (Lipinski definition) is 4. The molecule has 0 radical (unpaired) electrons. The topological polar surface area (TPSA) is 79.1 Å². The number of guanidine groups is 1. The van der Waals surface area contributed by atoms with Gasteiger partial charge in [-0.3, -0.25) is 0 Å². The van der Waals surface area contributed by atoms with Crippen molar-refractivity contribution in [1.82, 2.24) is 15.5 Å². The van der Waals surface area contributed by atoms with Crippen LogP contribution in [0.3, 0.4) is 0 Å². The number of piperidine rings is 1. The summed E-state index contributed by atoms with van der Waals surface area (Å²) in [7, 11) is 1.40. The molecule has 1 aromatic carbocycles. The second-order valence-electron chi connectivity index (χ2n) is 6.86. The molecule has 1 aromatic heterocycles. The van der Waals surface area contributed by atoms with Crippen LogP contribution in [0.1, 0.15) is 31.1 Å². The summed E-state index contributed by atoms with van der Waals surface area (Å²) in [4.78, 5) is 17.9. The summed E-state index contributed by atoms with van der Waals surface area (Å²) in [6.07, 6.45) is 1.36. The van der Waals surface area contributed by atoms with Gasteiger partial charge in [0.2, 0.25) is 0 Å². The third kappa shape index (κ3) is 5.74. The van der Waals surface area contributed by atoms with Crippen molar-refractivity contribution in [3.63, 3.8) is 0 Å². The average molecular weight is 518 g/mol. The first-order valence-electron chi connectivity index (χ1n) is 9.57. The first-order chi connectivity index (χ1) is 13.5. The van der Waals surface area contributed by atoms with E-state index in [4.69, 9.17) is 9.15 Å². The van der Waals surface area contributed by atoms with Crippen molar-refractivity contribution in [3.8, 4) is 0 Å². The maximum absolute atomic E-state index is 13.5. The Balaban J connectivity index is 0.00000300. The zero-order valence-electron chi connectivity index (χ0n) is 17.0. The fourth-order valence-corrected chi connectivity index (χ4v) is 3.39. The summed E-state index contributed by atoms with van der Waals surface area (Å²) in [5.41, 5.74) is 1.57. The molecule has 29 heavy (non-hydrogen) atoms. The number of carbonyl (C=O) groups excluding carboxylic acids is 1. The van der Waals surface area contributed by atoms with Crippen LogP contribution >= 0.6 is 24.0 Å². The van der Waals surface area contributed by atoms with Gasteiger partial charge in [-0.05, 0) is 44.9 Å². The number of aliphatic imine (C=N–C) groups is 1. The molecule has 0 saturated carbocycles. The van der Waals surface area contributed by atoms with Crippen LogP contribution in [0, 0.1) is 12.7 Å². The van der Waals surface area contributed by atoms with E-state index in [1.54, 1.807) is 11.0 Å². The molecule has 1 fully saturated rings. The van der Waals surface area contributed by atoms with Crippen molar-refractivity contribution in [2.45, 2.75) is 39.3 Å². The number of hydrogen-bond donors (Lipinski definition) is 2. The maximum atomic E-state index is 13.5. The number of aryl methyl sites for hydroxylation is 1. The molecule has 0 spiro atoms. The van der Waals surface area contributed by atoms with Crippen LogP contribution in [-0.2, 0) is 11.3 Å². The van der Waals surface area contributed by atoms with Crippen LogP contribution in [0.15, 0.2) is 27.6 Å². The summed E-state index contributed by atoms with van der Waals surface area (Å²) in [5.74, 6) is 1.14. The Morgan fingerprint density at radius 1 is 1.38 bits per heavy atom. The molecule has 2 heterocycles. The van der Waals surface area contributed by atoms with Gasteiger partial charge in [0.1, 0.15) is 23.7 Å². The van der Waals surface area contributed by atoms with Gasteiger partial charge < -0.3 is 24.7 Å². The molecule has 0 aliphatic carbocycles. The third-order valence-electron chi connectivity index (χ3n) is 4.99. The summed E-state index contributed by atoms with van der Waals surface area (Å²) in [6, 6.07) is 4.75. The minimum absolute atomic E-state index is 0. The fourth-order valence-electron chi connectivity index (χ4n) is 3.39. The van der Waals surface area contributed by atoms with Crippen LogP contribution in [0.4, 0.5) is 9.18 Å². The Morgan fingerprint density at radius 3 is 2.76 bits per heavy atom. The van der Waals surface area contributed by atoms with Gasteiger partial charge in [-0.2, -0.15) is 0 Å². The number of furan rings is 1. The lowest BCUT2D eigenvalue weighted by Crippen LogP contribution is -2.49. The fraction of sp³-hybridized carbons (Fsp3) is 0.500. The maximum Gasteiger partial charge on any atom is 0.409 e. The van der Waals surface area contributed by atoms with E-state index < -0.39 is 0 Å². The molecule has 160 valence electrons. The van der Waals surface area contributed by atoms with Crippen LogP contribution in [0.2, 0.25) is 0 Å². The smallest absolute Gasteiger partial charge is 0.409 e. The Morgan fingerprint density at radius 2 is 2.10 bits per heavy atom. The zero-order valence-corrected chi connectivity index (χ0v) is 19.3. The SMILES string of the molecule is CCNC(=NCc1oc2ccc(F)cc2c1C)NC1CCN(C(=O)OC)CC1.I. The molecular weight excluding hydrogens is 490 g/mol. The molecule has 9 heteroatoms. The van der Waals surface area contributed by atoms with Gasteiger partial charge in [0, 0.05) is 36.6 Å². The van der Waals surface area contributed by atoms with Gasteiger partial charge in [-0.15, -0.1) is 24.0 Å². The Labute approximate surface area is 187 Å².